The summed E-state index contributed by atoms with van der Waals surface area (Å²) in [6.07, 6.45) is 0.467. The van der Waals surface area contributed by atoms with Gasteiger partial charge in [-0.1, -0.05) is 15.9 Å². The predicted molar refractivity (Wildman–Crippen MR) is 39.6 cm³/mol. The zero-order valence-electron chi connectivity index (χ0n) is 5.69. The van der Waals surface area contributed by atoms with E-state index in [4.69, 9.17) is 4.74 Å². The summed E-state index contributed by atoms with van der Waals surface area (Å²) in [6.45, 7) is 3.68. The SMILES string of the molecule is CC(C)OC(=O)CCBr. The monoisotopic (exact) mass is 194 g/mol. The molecule has 0 heterocycles. The maximum absolute atomic E-state index is 10.6. The average Bonchev–Trinajstić information content (AvgIpc) is 1.63. The summed E-state index contributed by atoms with van der Waals surface area (Å²) >= 11 is 3.14. The first-order valence-electron chi connectivity index (χ1n) is 2.92. The molecule has 0 atom stereocenters. The third-order valence-corrected chi connectivity index (χ3v) is 1.06. The van der Waals surface area contributed by atoms with Crippen LogP contribution in [-0.4, -0.2) is 17.4 Å². The Kier molecular flexibility index (Phi) is 4.77. The summed E-state index contributed by atoms with van der Waals surface area (Å²) in [6, 6.07) is 0. The smallest absolute Gasteiger partial charge is 0.306 e. The maximum Gasteiger partial charge on any atom is 0.306 e. The number of halogens is 1. The van der Waals surface area contributed by atoms with Gasteiger partial charge in [-0.2, -0.15) is 0 Å². The fourth-order valence-electron chi connectivity index (χ4n) is 0.399. The van der Waals surface area contributed by atoms with E-state index in [0.717, 1.165) is 0 Å². The molecule has 0 rings (SSSR count). The Balaban J connectivity index is 3.27. The van der Waals surface area contributed by atoms with Crippen molar-refractivity contribution in [2.24, 2.45) is 0 Å². The minimum absolute atomic E-state index is 0.0107. The number of rotatable bonds is 3. The van der Waals surface area contributed by atoms with Crippen LogP contribution in [0.25, 0.3) is 0 Å². The van der Waals surface area contributed by atoms with Crippen LogP contribution in [0.1, 0.15) is 20.3 Å². The highest BCUT2D eigenvalue weighted by molar-refractivity contribution is 9.09. The Bertz CT molecular complexity index is 91.1. The largest absolute Gasteiger partial charge is 0.463 e. The van der Waals surface area contributed by atoms with E-state index in [1.54, 1.807) is 0 Å². The second-order valence-corrected chi connectivity index (χ2v) is 2.77. The van der Waals surface area contributed by atoms with Gasteiger partial charge >= 0.3 is 5.97 Å². The Morgan fingerprint density at radius 3 is 2.56 bits per heavy atom. The molecule has 0 N–H and O–H groups in total. The van der Waals surface area contributed by atoms with Crippen molar-refractivity contribution in [3.05, 3.63) is 0 Å². The van der Waals surface area contributed by atoms with Gasteiger partial charge in [0, 0.05) is 5.33 Å². The lowest BCUT2D eigenvalue weighted by Gasteiger charge is -2.05. The second-order valence-electron chi connectivity index (χ2n) is 1.98. The van der Waals surface area contributed by atoms with Crippen molar-refractivity contribution in [3.63, 3.8) is 0 Å². The first-order chi connectivity index (χ1) is 4.16. The Morgan fingerprint density at radius 1 is 1.67 bits per heavy atom. The van der Waals surface area contributed by atoms with Crippen LogP contribution in [0.2, 0.25) is 0 Å². The first-order valence-corrected chi connectivity index (χ1v) is 4.04. The van der Waals surface area contributed by atoms with E-state index in [0.29, 0.717) is 11.8 Å². The third kappa shape index (κ3) is 5.83. The zero-order chi connectivity index (χ0) is 7.28. The third-order valence-electron chi connectivity index (χ3n) is 0.666. The predicted octanol–water partition coefficient (Wildman–Crippen LogP) is 1.72. The molecular weight excluding hydrogens is 184 g/mol. The Hall–Kier alpha value is -0.0500. The second kappa shape index (κ2) is 4.79. The maximum atomic E-state index is 10.6. The highest BCUT2D eigenvalue weighted by atomic mass is 79.9. The summed E-state index contributed by atoms with van der Waals surface area (Å²) in [5, 5.41) is 0.679. The van der Waals surface area contributed by atoms with Gasteiger partial charge in [0.25, 0.3) is 0 Å². The van der Waals surface area contributed by atoms with Crippen LogP contribution in [0, 0.1) is 0 Å². The molecule has 0 saturated heterocycles. The molecule has 0 radical (unpaired) electrons. The lowest BCUT2D eigenvalue weighted by atomic mass is 10.4. The number of hydrogen-bond acceptors (Lipinski definition) is 2. The van der Waals surface area contributed by atoms with Gasteiger partial charge in [0.2, 0.25) is 0 Å². The van der Waals surface area contributed by atoms with Crippen LogP contribution in [0.4, 0.5) is 0 Å². The zero-order valence-corrected chi connectivity index (χ0v) is 7.27. The first kappa shape index (κ1) is 8.95. The highest BCUT2D eigenvalue weighted by Crippen LogP contribution is 1.95. The van der Waals surface area contributed by atoms with Crippen molar-refractivity contribution >= 4 is 21.9 Å². The molecule has 0 aromatic carbocycles. The van der Waals surface area contributed by atoms with Gasteiger partial charge in [-0.05, 0) is 13.8 Å². The number of esters is 1. The fraction of sp³-hybridized carbons (Fsp3) is 0.833. The molecule has 0 aromatic heterocycles. The molecule has 0 bridgehead atoms. The summed E-state index contributed by atoms with van der Waals surface area (Å²) in [5.41, 5.74) is 0. The molecule has 0 aliphatic carbocycles. The molecular formula is C6H11BrO2. The van der Waals surface area contributed by atoms with Crippen LogP contribution in [0.5, 0.6) is 0 Å². The molecule has 0 aliphatic heterocycles. The van der Waals surface area contributed by atoms with Crippen LogP contribution in [-0.2, 0) is 9.53 Å². The van der Waals surface area contributed by atoms with Gasteiger partial charge in [0.1, 0.15) is 0 Å². The van der Waals surface area contributed by atoms with Crippen molar-refractivity contribution in [2.75, 3.05) is 5.33 Å². The molecule has 0 aromatic rings. The van der Waals surface area contributed by atoms with Crippen molar-refractivity contribution < 1.29 is 9.53 Å². The molecule has 0 aliphatic rings. The van der Waals surface area contributed by atoms with Crippen LogP contribution >= 0.6 is 15.9 Å². The van der Waals surface area contributed by atoms with E-state index in [2.05, 4.69) is 15.9 Å². The van der Waals surface area contributed by atoms with E-state index in [9.17, 15) is 4.79 Å². The lowest BCUT2D eigenvalue weighted by Crippen LogP contribution is -2.11. The van der Waals surface area contributed by atoms with Crippen LogP contribution in [0.15, 0.2) is 0 Å². The summed E-state index contributed by atoms with van der Waals surface area (Å²) in [5.74, 6) is -0.137. The summed E-state index contributed by atoms with van der Waals surface area (Å²) in [4.78, 5) is 10.6. The van der Waals surface area contributed by atoms with Crippen LogP contribution in [0.3, 0.4) is 0 Å². The van der Waals surface area contributed by atoms with Gasteiger partial charge in [0.15, 0.2) is 0 Å². The van der Waals surface area contributed by atoms with Gasteiger partial charge in [-0.15, -0.1) is 0 Å². The average molecular weight is 195 g/mol. The fourth-order valence-corrected chi connectivity index (χ4v) is 0.723. The van der Waals surface area contributed by atoms with Crippen molar-refractivity contribution in [1.82, 2.24) is 0 Å². The van der Waals surface area contributed by atoms with Gasteiger partial charge in [0.05, 0.1) is 12.5 Å². The van der Waals surface area contributed by atoms with Gasteiger partial charge in [-0.25, -0.2) is 0 Å². The topological polar surface area (TPSA) is 26.3 Å². The van der Waals surface area contributed by atoms with E-state index in [-0.39, 0.29) is 12.1 Å². The quantitative estimate of drug-likeness (QED) is 0.506. The molecule has 0 spiro atoms. The van der Waals surface area contributed by atoms with E-state index < -0.39 is 0 Å². The molecule has 0 saturated carbocycles. The number of carbonyl (C=O) groups is 1. The summed E-state index contributed by atoms with van der Waals surface area (Å²) in [7, 11) is 0. The van der Waals surface area contributed by atoms with E-state index >= 15 is 0 Å². The van der Waals surface area contributed by atoms with Crippen molar-refractivity contribution in [3.8, 4) is 0 Å². The number of ether oxygens (including phenoxy) is 1. The number of alkyl halides is 1. The van der Waals surface area contributed by atoms with Gasteiger partial charge in [-0.3, -0.25) is 4.79 Å². The van der Waals surface area contributed by atoms with Crippen LogP contribution < -0.4 is 0 Å². The van der Waals surface area contributed by atoms with E-state index in [1.807, 2.05) is 13.8 Å². The van der Waals surface area contributed by atoms with Crippen molar-refractivity contribution in [2.45, 2.75) is 26.4 Å². The molecule has 0 amide bonds. The minimum atomic E-state index is -0.137. The van der Waals surface area contributed by atoms with E-state index in [1.165, 1.54) is 0 Å². The number of hydrogen-bond donors (Lipinski definition) is 0. The molecule has 0 unspecified atom stereocenters. The lowest BCUT2D eigenvalue weighted by molar-refractivity contribution is -0.146. The minimum Gasteiger partial charge on any atom is -0.463 e. The molecule has 9 heavy (non-hydrogen) atoms. The Morgan fingerprint density at radius 2 is 2.22 bits per heavy atom. The standard InChI is InChI=1S/C6H11BrO2/c1-5(2)9-6(8)3-4-7/h5H,3-4H2,1-2H3. The molecule has 0 fully saturated rings. The molecule has 54 valence electrons. The van der Waals surface area contributed by atoms with Gasteiger partial charge < -0.3 is 4.74 Å². The summed E-state index contributed by atoms with van der Waals surface area (Å²) < 4.78 is 4.82. The molecule has 2 nitrogen and oxygen atoms in total. The van der Waals surface area contributed by atoms with Crippen molar-refractivity contribution in [1.29, 1.82) is 0 Å². The number of carbonyl (C=O) groups excluding carboxylic acids is 1. The highest BCUT2D eigenvalue weighted by Gasteiger charge is 2.02. The molecule has 3 heteroatoms. The Labute approximate surface area is 63.7 Å². The normalized spacial score (nSPS) is 9.78.